The topological polar surface area (TPSA) is 44.1 Å². The molecule has 0 radical (unpaired) electrons. The molecule has 5 heteroatoms. The largest absolute Gasteiger partial charge is 0.497 e. The van der Waals surface area contributed by atoms with Gasteiger partial charge in [0.15, 0.2) is 5.16 Å². The molecule has 0 N–H and O–H groups in total. The molecule has 0 saturated heterocycles. The fourth-order valence-corrected chi connectivity index (χ4v) is 2.84. The van der Waals surface area contributed by atoms with E-state index in [2.05, 4.69) is 25.8 Å². The summed E-state index contributed by atoms with van der Waals surface area (Å²) in [4.78, 5) is 16.7. The standard InChI is InChI=1S/C17H22N2O2S/c1-17(2,3)14-10-15(20)19(4)16(18-14)22-11-12-6-8-13(21-5)9-7-12/h6-10H,11H2,1-5H3. The van der Waals surface area contributed by atoms with Crippen LogP contribution in [0.5, 0.6) is 5.75 Å². The van der Waals surface area contributed by atoms with Crippen molar-refractivity contribution in [3.05, 3.63) is 51.9 Å². The third kappa shape index (κ3) is 3.91. The average Bonchev–Trinajstić information content (AvgIpc) is 2.48. The summed E-state index contributed by atoms with van der Waals surface area (Å²) in [7, 11) is 3.42. The van der Waals surface area contributed by atoms with Crippen LogP contribution in [0.4, 0.5) is 0 Å². The van der Waals surface area contributed by atoms with Gasteiger partial charge in [0.25, 0.3) is 5.56 Å². The van der Waals surface area contributed by atoms with Crippen LogP contribution in [-0.2, 0) is 18.2 Å². The van der Waals surface area contributed by atoms with Gasteiger partial charge in [0.2, 0.25) is 0 Å². The molecule has 2 rings (SSSR count). The second kappa shape index (κ2) is 6.57. The molecule has 4 nitrogen and oxygen atoms in total. The Balaban J connectivity index is 2.21. The summed E-state index contributed by atoms with van der Waals surface area (Å²) in [5.41, 5.74) is 1.84. The van der Waals surface area contributed by atoms with E-state index in [-0.39, 0.29) is 11.0 Å². The number of methoxy groups -OCH3 is 1. The van der Waals surface area contributed by atoms with E-state index in [4.69, 9.17) is 4.74 Å². The number of hydrogen-bond donors (Lipinski definition) is 0. The molecule has 0 saturated carbocycles. The van der Waals surface area contributed by atoms with Crippen molar-refractivity contribution in [1.29, 1.82) is 0 Å². The molecule has 1 aromatic carbocycles. The first-order chi connectivity index (χ1) is 10.3. The smallest absolute Gasteiger partial charge is 0.254 e. The molecular weight excluding hydrogens is 296 g/mol. The van der Waals surface area contributed by atoms with Gasteiger partial charge in [-0.05, 0) is 17.7 Å². The lowest BCUT2D eigenvalue weighted by Gasteiger charge is -2.19. The molecule has 0 aliphatic rings. The van der Waals surface area contributed by atoms with Gasteiger partial charge in [-0.25, -0.2) is 4.98 Å². The van der Waals surface area contributed by atoms with Crippen molar-refractivity contribution in [2.24, 2.45) is 7.05 Å². The Hall–Kier alpha value is -1.75. The van der Waals surface area contributed by atoms with E-state index in [9.17, 15) is 4.79 Å². The van der Waals surface area contributed by atoms with Crippen molar-refractivity contribution >= 4 is 11.8 Å². The molecule has 2 aromatic rings. The zero-order chi connectivity index (χ0) is 16.3. The fraction of sp³-hybridized carbons (Fsp3) is 0.412. The van der Waals surface area contributed by atoms with Crippen molar-refractivity contribution in [3.8, 4) is 5.75 Å². The normalized spacial score (nSPS) is 11.5. The quantitative estimate of drug-likeness (QED) is 0.640. The van der Waals surface area contributed by atoms with E-state index in [1.54, 1.807) is 36.6 Å². The number of thioether (sulfide) groups is 1. The first-order valence-electron chi connectivity index (χ1n) is 7.15. The summed E-state index contributed by atoms with van der Waals surface area (Å²) < 4.78 is 6.76. The second-order valence-corrected chi connectivity index (χ2v) is 7.15. The SMILES string of the molecule is COc1ccc(CSc2nc(C(C)(C)C)cc(=O)n2C)cc1. The maximum atomic E-state index is 12.1. The van der Waals surface area contributed by atoms with E-state index in [0.717, 1.165) is 22.4 Å². The third-order valence-corrected chi connectivity index (χ3v) is 4.49. The number of rotatable bonds is 4. The number of hydrogen-bond acceptors (Lipinski definition) is 4. The first-order valence-corrected chi connectivity index (χ1v) is 8.14. The fourth-order valence-electron chi connectivity index (χ4n) is 1.90. The van der Waals surface area contributed by atoms with Crippen molar-refractivity contribution in [2.45, 2.75) is 37.1 Å². The summed E-state index contributed by atoms with van der Waals surface area (Å²) in [6.07, 6.45) is 0. The minimum absolute atomic E-state index is 0.0165. The van der Waals surface area contributed by atoms with Gasteiger partial charge in [-0.3, -0.25) is 9.36 Å². The monoisotopic (exact) mass is 318 g/mol. The summed E-state index contributed by atoms with van der Waals surface area (Å²) in [5, 5.41) is 0.744. The van der Waals surface area contributed by atoms with Gasteiger partial charge < -0.3 is 4.74 Å². The maximum Gasteiger partial charge on any atom is 0.254 e. The molecule has 0 aliphatic heterocycles. The summed E-state index contributed by atoms with van der Waals surface area (Å²) >= 11 is 1.57. The Morgan fingerprint density at radius 3 is 2.41 bits per heavy atom. The maximum absolute atomic E-state index is 12.1. The van der Waals surface area contributed by atoms with E-state index < -0.39 is 0 Å². The van der Waals surface area contributed by atoms with Crippen LogP contribution < -0.4 is 10.3 Å². The molecule has 22 heavy (non-hydrogen) atoms. The van der Waals surface area contributed by atoms with Crippen molar-refractivity contribution in [2.75, 3.05) is 7.11 Å². The lowest BCUT2D eigenvalue weighted by Crippen LogP contribution is -2.25. The van der Waals surface area contributed by atoms with Crippen LogP contribution in [0.2, 0.25) is 0 Å². The van der Waals surface area contributed by atoms with Crippen LogP contribution in [-0.4, -0.2) is 16.7 Å². The molecular formula is C17H22N2O2S. The van der Waals surface area contributed by atoms with Gasteiger partial charge in [-0.1, -0.05) is 44.7 Å². The Labute approximate surface area is 135 Å². The number of nitrogens with zero attached hydrogens (tertiary/aromatic N) is 2. The number of ether oxygens (including phenoxy) is 1. The molecule has 0 fully saturated rings. The van der Waals surface area contributed by atoms with Crippen LogP contribution in [0.3, 0.4) is 0 Å². The molecule has 0 atom stereocenters. The predicted molar refractivity (Wildman–Crippen MR) is 90.7 cm³/mol. The van der Waals surface area contributed by atoms with Gasteiger partial charge in [0.1, 0.15) is 5.75 Å². The van der Waals surface area contributed by atoms with E-state index in [1.165, 1.54) is 5.56 Å². The van der Waals surface area contributed by atoms with Gasteiger partial charge in [-0.15, -0.1) is 0 Å². The zero-order valence-electron chi connectivity index (χ0n) is 13.7. The Bertz CT molecular complexity index is 700. The molecule has 118 valence electrons. The lowest BCUT2D eigenvalue weighted by molar-refractivity contribution is 0.414. The van der Waals surface area contributed by atoms with Crippen LogP contribution in [0, 0.1) is 0 Å². The van der Waals surface area contributed by atoms with Crippen molar-refractivity contribution in [3.63, 3.8) is 0 Å². The Morgan fingerprint density at radius 1 is 1.23 bits per heavy atom. The molecule has 1 aromatic heterocycles. The second-order valence-electron chi connectivity index (χ2n) is 6.21. The van der Waals surface area contributed by atoms with Crippen molar-refractivity contribution < 1.29 is 4.74 Å². The van der Waals surface area contributed by atoms with Crippen LogP contribution in [0.25, 0.3) is 0 Å². The molecule has 0 aliphatic carbocycles. The minimum atomic E-state index is -0.136. The lowest BCUT2D eigenvalue weighted by atomic mass is 9.92. The Morgan fingerprint density at radius 2 is 1.86 bits per heavy atom. The molecule has 0 unspecified atom stereocenters. The minimum Gasteiger partial charge on any atom is -0.497 e. The highest BCUT2D eigenvalue weighted by Crippen LogP contribution is 2.24. The van der Waals surface area contributed by atoms with E-state index in [0.29, 0.717) is 0 Å². The van der Waals surface area contributed by atoms with Crippen molar-refractivity contribution in [1.82, 2.24) is 9.55 Å². The predicted octanol–water partition coefficient (Wildman–Crippen LogP) is 3.38. The number of aromatic nitrogens is 2. The van der Waals surface area contributed by atoms with Crippen LogP contribution >= 0.6 is 11.8 Å². The Kier molecular flexibility index (Phi) is 4.96. The molecule has 0 bridgehead atoms. The summed E-state index contributed by atoms with van der Waals surface area (Å²) in [6, 6.07) is 9.55. The average molecular weight is 318 g/mol. The highest BCUT2D eigenvalue weighted by Gasteiger charge is 2.18. The first kappa shape index (κ1) is 16.6. The molecule has 0 spiro atoms. The molecule has 0 amide bonds. The van der Waals surface area contributed by atoms with Gasteiger partial charge in [0, 0.05) is 24.3 Å². The van der Waals surface area contributed by atoms with Gasteiger partial charge >= 0.3 is 0 Å². The summed E-state index contributed by atoms with van der Waals surface area (Å²) in [6.45, 7) is 6.19. The zero-order valence-corrected chi connectivity index (χ0v) is 14.5. The van der Waals surface area contributed by atoms with E-state index >= 15 is 0 Å². The highest BCUT2D eigenvalue weighted by atomic mass is 32.2. The number of benzene rings is 1. The van der Waals surface area contributed by atoms with Crippen LogP contribution in [0.15, 0.2) is 40.3 Å². The van der Waals surface area contributed by atoms with Gasteiger partial charge in [0.05, 0.1) is 12.8 Å². The van der Waals surface area contributed by atoms with Gasteiger partial charge in [-0.2, -0.15) is 0 Å². The van der Waals surface area contributed by atoms with E-state index in [1.807, 2.05) is 24.3 Å². The summed E-state index contributed by atoms with van der Waals surface area (Å²) in [5.74, 6) is 1.60. The van der Waals surface area contributed by atoms with Crippen LogP contribution in [0.1, 0.15) is 32.0 Å². The third-order valence-electron chi connectivity index (χ3n) is 3.39. The highest BCUT2D eigenvalue weighted by molar-refractivity contribution is 7.98. The molecule has 1 heterocycles.